The highest BCUT2D eigenvalue weighted by atomic mass is 35.5. The summed E-state index contributed by atoms with van der Waals surface area (Å²) in [6, 6.07) is 1.27. The third-order valence-electron chi connectivity index (χ3n) is 1.49. The van der Waals surface area contributed by atoms with Crippen LogP contribution in [-0.2, 0) is 10.0 Å². The van der Waals surface area contributed by atoms with Gasteiger partial charge in [-0.3, -0.25) is 0 Å². The number of sulfonamides is 1. The van der Waals surface area contributed by atoms with Crippen LogP contribution >= 0.6 is 11.6 Å². The second-order valence-electron chi connectivity index (χ2n) is 2.54. The molecule has 0 spiro atoms. The predicted octanol–water partition coefficient (Wildman–Crippen LogP) is 0.615. The lowest BCUT2D eigenvalue weighted by atomic mass is 10.5. The molecule has 1 rings (SSSR count). The summed E-state index contributed by atoms with van der Waals surface area (Å²) in [6.07, 6.45) is 1.17. The molecule has 14 heavy (non-hydrogen) atoms. The van der Waals surface area contributed by atoms with Gasteiger partial charge in [-0.05, 0) is 6.07 Å². The molecule has 0 aliphatic carbocycles. The summed E-state index contributed by atoms with van der Waals surface area (Å²) >= 11 is 5.64. The normalized spacial score (nSPS) is 11.6. The molecule has 0 aliphatic rings. The van der Waals surface area contributed by atoms with Crippen molar-refractivity contribution in [2.75, 3.05) is 12.3 Å². The van der Waals surface area contributed by atoms with Crippen LogP contribution in [0.1, 0.15) is 6.92 Å². The molecule has 0 saturated carbocycles. The first-order valence-corrected chi connectivity index (χ1v) is 5.74. The van der Waals surface area contributed by atoms with Crippen molar-refractivity contribution in [1.82, 2.24) is 9.71 Å². The molecule has 0 fully saturated rings. The zero-order chi connectivity index (χ0) is 10.8. The Balaban J connectivity index is 3.15. The Morgan fingerprint density at radius 1 is 1.64 bits per heavy atom. The standard InChI is InChI=1S/C7H10ClN3O2S/c1-2-11-14(12,13)5-3-6(8)7(9)10-4-5/h3-4,11H,2H2,1H3,(H2,9,10). The van der Waals surface area contributed by atoms with E-state index in [9.17, 15) is 8.42 Å². The SMILES string of the molecule is CCNS(=O)(=O)c1cnc(N)c(Cl)c1. The van der Waals surface area contributed by atoms with Crippen LogP contribution in [0.3, 0.4) is 0 Å². The Hall–Kier alpha value is -0.850. The molecule has 0 saturated heterocycles. The highest BCUT2D eigenvalue weighted by Crippen LogP contribution is 2.19. The highest BCUT2D eigenvalue weighted by Gasteiger charge is 2.14. The van der Waals surface area contributed by atoms with Crippen LogP contribution in [0.25, 0.3) is 0 Å². The first-order chi connectivity index (χ1) is 6.47. The topological polar surface area (TPSA) is 85.1 Å². The fourth-order valence-corrected chi connectivity index (χ4v) is 2.09. The van der Waals surface area contributed by atoms with Gasteiger partial charge in [0.25, 0.3) is 0 Å². The first kappa shape index (κ1) is 11.2. The van der Waals surface area contributed by atoms with Crippen molar-refractivity contribution in [3.63, 3.8) is 0 Å². The molecular weight excluding hydrogens is 226 g/mol. The number of nitrogens with one attached hydrogen (secondary N) is 1. The average Bonchev–Trinajstić information content (AvgIpc) is 2.09. The van der Waals surface area contributed by atoms with Gasteiger partial charge in [-0.15, -0.1) is 0 Å². The molecule has 0 unspecified atom stereocenters. The van der Waals surface area contributed by atoms with Crippen LogP contribution in [0.15, 0.2) is 17.2 Å². The maximum Gasteiger partial charge on any atom is 0.242 e. The minimum atomic E-state index is -3.50. The second-order valence-corrected chi connectivity index (χ2v) is 4.71. The quantitative estimate of drug-likeness (QED) is 0.804. The van der Waals surface area contributed by atoms with Gasteiger partial charge in [0.2, 0.25) is 10.0 Å². The number of rotatable bonds is 3. The molecule has 78 valence electrons. The number of pyridine rings is 1. The van der Waals surface area contributed by atoms with Crippen molar-refractivity contribution < 1.29 is 8.42 Å². The van der Waals surface area contributed by atoms with E-state index in [2.05, 4.69) is 9.71 Å². The lowest BCUT2D eigenvalue weighted by Gasteiger charge is -2.04. The third kappa shape index (κ3) is 2.34. The Bertz CT molecular complexity index is 433. The summed E-state index contributed by atoms with van der Waals surface area (Å²) in [5.74, 6) is 0.113. The number of aromatic nitrogens is 1. The summed E-state index contributed by atoms with van der Waals surface area (Å²) in [5, 5.41) is 0.129. The van der Waals surface area contributed by atoms with Gasteiger partial charge in [0.05, 0.1) is 5.02 Å². The van der Waals surface area contributed by atoms with Gasteiger partial charge in [0, 0.05) is 12.7 Å². The number of halogens is 1. The van der Waals surface area contributed by atoms with Gasteiger partial charge < -0.3 is 5.73 Å². The van der Waals surface area contributed by atoms with Gasteiger partial charge in [-0.2, -0.15) is 0 Å². The molecular formula is C7H10ClN3O2S. The molecule has 1 aromatic heterocycles. The monoisotopic (exact) mass is 235 g/mol. The Labute approximate surface area is 87.3 Å². The lowest BCUT2D eigenvalue weighted by Crippen LogP contribution is -2.23. The molecule has 0 atom stereocenters. The van der Waals surface area contributed by atoms with Crippen LogP contribution in [0.2, 0.25) is 5.02 Å². The van der Waals surface area contributed by atoms with E-state index in [1.54, 1.807) is 6.92 Å². The molecule has 0 aromatic carbocycles. The van der Waals surface area contributed by atoms with Crippen LogP contribution < -0.4 is 10.5 Å². The van der Waals surface area contributed by atoms with E-state index in [4.69, 9.17) is 17.3 Å². The molecule has 3 N–H and O–H groups in total. The van der Waals surface area contributed by atoms with Crippen molar-refractivity contribution in [3.8, 4) is 0 Å². The van der Waals surface area contributed by atoms with E-state index in [0.717, 1.165) is 0 Å². The summed E-state index contributed by atoms with van der Waals surface area (Å²) < 4.78 is 25.2. The fraction of sp³-hybridized carbons (Fsp3) is 0.286. The molecule has 5 nitrogen and oxygen atoms in total. The maximum atomic E-state index is 11.4. The Morgan fingerprint density at radius 3 is 2.79 bits per heavy atom. The smallest absolute Gasteiger partial charge is 0.242 e. The zero-order valence-corrected chi connectivity index (χ0v) is 9.06. The van der Waals surface area contributed by atoms with E-state index in [1.165, 1.54) is 12.3 Å². The van der Waals surface area contributed by atoms with Crippen molar-refractivity contribution >= 4 is 27.4 Å². The van der Waals surface area contributed by atoms with Gasteiger partial charge in [0.15, 0.2) is 0 Å². The Kier molecular flexibility index (Phi) is 3.30. The van der Waals surface area contributed by atoms with Crippen LogP contribution in [0, 0.1) is 0 Å². The van der Waals surface area contributed by atoms with Gasteiger partial charge in [-0.1, -0.05) is 18.5 Å². The third-order valence-corrected chi connectivity index (χ3v) is 3.30. The maximum absolute atomic E-state index is 11.4. The molecule has 0 amide bonds. The first-order valence-electron chi connectivity index (χ1n) is 3.88. The fourth-order valence-electron chi connectivity index (χ4n) is 0.851. The number of nitrogens with two attached hydrogens (primary N) is 1. The molecule has 7 heteroatoms. The average molecular weight is 236 g/mol. The van der Waals surface area contributed by atoms with Crippen LogP contribution in [0.4, 0.5) is 5.82 Å². The highest BCUT2D eigenvalue weighted by molar-refractivity contribution is 7.89. The minimum absolute atomic E-state index is 0.0125. The molecule has 0 aliphatic heterocycles. The number of anilines is 1. The number of hydrogen-bond donors (Lipinski definition) is 2. The summed E-state index contributed by atoms with van der Waals surface area (Å²) in [6.45, 7) is 1.99. The second kappa shape index (κ2) is 4.12. The van der Waals surface area contributed by atoms with Crippen molar-refractivity contribution in [3.05, 3.63) is 17.3 Å². The lowest BCUT2D eigenvalue weighted by molar-refractivity contribution is 0.583. The van der Waals surface area contributed by atoms with Crippen molar-refractivity contribution in [2.24, 2.45) is 0 Å². The molecule has 1 heterocycles. The van der Waals surface area contributed by atoms with Crippen molar-refractivity contribution in [2.45, 2.75) is 11.8 Å². The summed E-state index contributed by atoms with van der Waals surface area (Å²) in [7, 11) is -3.50. The molecule has 0 bridgehead atoms. The van der Waals surface area contributed by atoms with Crippen molar-refractivity contribution in [1.29, 1.82) is 0 Å². The van der Waals surface area contributed by atoms with E-state index >= 15 is 0 Å². The number of nitrogens with zero attached hydrogens (tertiary/aromatic N) is 1. The largest absolute Gasteiger partial charge is 0.382 e. The van der Waals surface area contributed by atoms with Gasteiger partial charge >= 0.3 is 0 Å². The molecule has 1 aromatic rings. The van der Waals surface area contributed by atoms with Crippen LogP contribution in [-0.4, -0.2) is 19.9 Å². The van der Waals surface area contributed by atoms with Crippen LogP contribution in [0.5, 0.6) is 0 Å². The Morgan fingerprint density at radius 2 is 2.29 bits per heavy atom. The number of hydrogen-bond acceptors (Lipinski definition) is 4. The van der Waals surface area contributed by atoms with Gasteiger partial charge in [0.1, 0.15) is 10.7 Å². The number of nitrogen functional groups attached to an aromatic ring is 1. The minimum Gasteiger partial charge on any atom is -0.382 e. The zero-order valence-electron chi connectivity index (χ0n) is 7.49. The van der Waals surface area contributed by atoms with E-state index in [0.29, 0.717) is 6.54 Å². The molecule has 0 radical (unpaired) electrons. The summed E-state index contributed by atoms with van der Waals surface area (Å²) in [5.41, 5.74) is 5.35. The van der Waals surface area contributed by atoms with E-state index in [-0.39, 0.29) is 15.7 Å². The van der Waals surface area contributed by atoms with Gasteiger partial charge in [-0.25, -0.2) is 18.1 Å². The van der Waals surface area contributed by atoms with E-state index < -0.39 is 10.0 Å². The van der Waals surface area contributed by atoms with E-state index in [1.807, 2.05) is 0 Å². The summed E-state index contributed by atoms with van der Waals surface area (Å²) in [4.78, 5) is 3.67. The predicted molar refractivity (Wildman–Crippen MR) is 54.5 cm³/mol.